The summed E-state index contributed by atoms with van der Waals surface area (Å²) in [5, 5.41) is 3.31. The van der Waals surface area contributed by atoms with Gasteiger partial charge in [0.1, 0.15) is 0 Å². The molecule has 0 atom stereocenters. The molecule has 0 aromatic heterocycles. The fourth-order valence-corrected chi connectivity index (χ4v) is 3.15. The molecule has 152 valence electrons. The number of hydrazine groups is 1. The number of halogens is 2. The first kappa shape index (κ1) is 21.4. The van der Waals surface area contributed by atoms with Crippen LogP contribution in [0.15, 0.2) is 66.7 Å². The SMILES string of the molecule is Cc1cccc(C(=O)NNC(=O)c2cccc(NC(=O)c3ccc(Cl)cc3Cl)c2)c1. The highest BCUT2D eigenvalue weighted by molar-refractivity contribution is 6.37. The summed E-state index contributed by atoms with van der Waals surface area (Å²) in [7, 11) is 0. The largest absolute Gasteiger partial charge is 0.322 e. The lowest BCUT2D eigenvalue weighted by atomic mass is 10.1. The zero-order chi connectivity index (χ0) is 21.7. The van der Waals surface area contributed by atoms with Crippen molar-refractivity contribution in [2.45, 2.75) is 6.92 Å². The standard InChI is InChI=1S/C22H17Cl2N3O3/c1-13-4-2-5-14(10-13)20(28)26-27-21(29)15-6-3-7-17(11-15)25-22(30)18-9-8-16(23)12-19(18)24/h2-12H,1H3,(H,25,30)(H,26,28)(H,27,29). The summed E-state index contributed by atoms with van der Waals surface area (Å²) in [6, 6.07) is 17.8. The number of rotatable bonds is 4. The molecule has 0 radical (unpaired) electrons. The van der Waals surface area contributed by atoms with E-state index in [9.17, 15) is 14.4 Å². The maximum Gasteiger partial charge on any atom is 0.269 e. The second kappa shape index (κ2) is 9.43. The zero-order valence-electron chi connectivity index (χ0n) is 15.8. The average molecular weight is 442 g/mol. The predicted molar refractivity (Wildman–Crippen MR) is 117 cm³/mol. The van der Waals surface area contributed by atoms with Gasteiger partial charge in [-0.05, 0) is 55.5 Å². The minimum Gasteiger partial charge on any atom is -0.322 e. The average Bonchev–Trinajstić information content (AvgIpc) is 2.71. The van der Waals surface area contributed by atoms with Gasteiger partial charge < -0.3 is 5.32 Å². The Bertz CT molecular complexity index is 1130. The lowest BCUT2D eigenvalue weighted by molar-refractivity contribution is 0.0846. The van der Waals surface area contributed by atoms with E-state index >= 15 is 0 Å². The molecule has 3 amide bonds. The van der Waals surface area contributed by atoms with Gasteiger partial charge in [-0.3, -0.25) is 25.2 Å². The molecule has 0 bridgehead atoms. The first-order valence-electron chi connectivity index (χ1n) is 8.87. The molecule has 0 aliphatic heterocycles. The van der Waals surface area contributed by atoms with E-state index in [1.807, 2.05) is 13.0 Å². The highest BCUT2D eigenvalue weighted by atomic mass is 35.5. The van der Waals surface area contributed by atoms with Gasteiger partial charge in [-0.2, -0.15) is 0 Å². The number of carbonyl (C=O) groups is 3. The molecule has 0 spiro atoms. The Morgan fingerprint density at radius 1 is 0.733 bits per heavy atom. The maximum absolute atomic E-state index is 12.4. The third kappa shape index (κ3) is 5.37. The first-order chi connectivity index (χ1) is 14.3. The number of benzene rings is 3. The molecule has 0 aliphatic carbocycles. The third-order valence-electron chi connectivity index (χ3n) is 4.13. The Labute approximate surface area is 183 Å². The highest BCUT2D eigenvalue weighted by Gasteiger charge is 2.13. The number of hydrogen-bond donors (Lipinski definition) is 3. The molecule has 0 unspecified atom stereocenters. The first-order valence-corrected chi connectivity index (χ1v) is 9.63. The molecule has 3 N–H and O–H groups in total. The molecule has 6 nitrogen and oxygen atoms in total. The van der Waals surface area contributed by atoms with Crippen molar-refractivity contribution < 1.29 is 14.4 Å². The number of anilines is 1. The minimum absolute atomic E-state index is 0.216. The summed E-state index contributed by atoms with van der Waals surface area (Å²) in [5.41, 5.74) is 6.97. The summed E-state index contributed by atoms with van der Waals surface area (Å²) in [6.07, 6.45) is 0. The molecule has 0 fully saturated rings. The van der Waals surface area contributed by atoms with Gasteiger partial charge in [0.15, 0.2) is 0 Å². The van der Waals surface area contributed by atoms with Crippen molar-refractivity contribution >= 4 is 46.6 Å². The summed E-state index contributed by atoms with van der Waals surface area (Å²) >= 11 is 11.9. The van der Waals surface area contributed by atoms with Crippen LogP contribution in [0.3, 0.4) is 0 Å². The molecule has 0 heterocycles. The van der Waals surface area contributed by atoms with Crippen molar-refractivity contribution in [2.75, 3.05) is 5.32 Å². The summed E-state index contributed by atoms with van der Waals surface area (Å²) in [4.78, 5) is 37.0. The lowest BCUT2D eigenvalue weighted by Crippen LogP contribution is -2.41. The topological polar surface area (TPSA) is 87.3 Å². The molecule has 0 saturated carbocycles. The summed E-state index contributed by atoms with van der Waals surface area (Å²) < 4.78 is 0. The van der Waals surface area contributed by atoms with Gasteiger partial charge in [-0.15, -0.1) is 0 Å². The lowest BCUT2D eigenvalue weighted by Gasteiger charge is -2.10. The van der Waals surface area contributed by atoms with E-state index in [0.717, 1.165) is 5.56 Å². The van der Waals surface area contributed by atoms with Gasteiger partial charge in [0.2, 0.25) is 0 Å². The number of amides is 3. The Morgan fingerprint density at radius 2 is 1.37 bits per heavy atom. The van der Waals surface area contributed by atoms with Gasteiger partial charge >= 0.3 is 0 Å². The van der Waals surface area contributed by atoms with Crippen LogP contribution in [0.25, 0.3) is 0 Å². The van der Waals surface area contributed by atoms with Gasteiger partial charge in [0, 0.05) is 21.8 Å². The molecule has 3 rings (SSSR count). The molecular weight excluding hydrogens is 425 g/mol. The fourth-order valence-electron chi connectivity index (χ4n) is 2.65. The maximum atomic E-state index is 12.4. The van der Waals surface area contributed by atoms with Gasteiger partial charge in [0.05, 0.1) is 10.6 Å². The minimum atomic E-state index is -0.531. The smallest absolute Gasteiger partial charge is 0.269 e. The van der Waals surface area contributed by atoms with E-state index < -0.39 is 17.7 Å². The van der Waals surface area contributed by atoms with E-state index in [1.165, 1.54) is 18.2 Å². The molecule has 8 heteroatoms. The van der Waals surface area contributed by atoms with Crippen LogP contribution in [0.4, 0.5) is 5.69 Å². The van der Waals surface area contributed by atoms with E-state index in [1.54, 1.807) is 42.5 Å². The van der Waals surface area contributed by atoms with Crippen molar-refractivity contribution in [3.05, 3.63) is 99.0 Å². The van der Waals surface area contributed by atoms with Crippen LogP contribution in [0.1, 0.15) is 36.6 Å². The summed E-state index contributed by atoms with van der Waals surface area (Å²) in [5.74, 6) is -1.41. The van der Waals surface area contributed by atoms with Crippen molar-refractivity contribution in [3.63, 3.8) is 0 Å². The van der Waals surface area contributed by atoms with E-state index in [4.69, 9.17) is 23.2 Å². The van der Waals surface area contributed by atoms with Gasteiger partial charge in [0.25, 0.3) is 17.7 Å². The van der Waals surface area contributed by atoms with E-state index in [-0.39, 0.29) is 16.1 Å². The molecule has 3 aromatic carbocycles. The Balaban J connectivity index is 1.65. The van der Waals surface area contributed by atoms with E-state index in [2.05, 4.69) is 16.2 Å². The van der Waals surface area contributed by atoms with Crippen LogP contribution in [0.5, 0.6) is 0 Å². The second-order valence-corrected chi connectivity index (χ2v) is 7.28. The Hall–Kier alpha value is -3.35. The highest BCUT2D eigenvalue weighted by Crippen LogP contribution is 2.22. The number of nitrogens with one attached hydrogen (secondary N) is 3. The fraction of sp³-hybridized carbons (Fsp3) is 0.0455. The number of hydrogen-bond acceptors (Lipinski definition) is 3. The second-order valence-electron chi connectivity index (χ2n) is 6.44. The summed E-state index contributed by atoms with van der Waals surface area (Å²) in [6.45, 7) is 1.87. The van der Waals surface area contributed by atoms with E-state index in [0.29, 0.717) is 16.3 Å². The van der Waals surface area contributed by atoms with Crippen LogP contribution in [0.2, 0.25) is 10.0 Å². The van der Waals surface area contributed by atoms with Crippen LogP contribution in [-0.2, 0) is 0 Å². The van der Waals surface area contributed by atoms with Crippen LogP contribution in [-0.4, -0.2) is 17.7 Å². The van der Waals surface area contributed by atoms with Crippen LogP contribution in [0, 0.1) is 6.92 Å². The van der Waals surface area contributed by atoms with Crippen molar-refractivity contribution in [1.82, 2.24) is 10.9 Å². The monoisotopic (exact) mass is 441 g/mol. The van der Waals surface area contributed by atoms with Crippen molar-refractivity contribution in [2.24, 2.45) is 0 Å². The van der Waals surface area contributed by atoms with Gasteiger partial charge in [-0.25, -0.2) is 0 Å². The molecule has 3 aromatic rings. The molecular formula is C22H17Cl2N3O3. The van der Waals surface area contributed by atoms with Crippen molar-refractivity contribution in [1.29, 1.82) is 0 Å². The quantitative estimate of drug-likeness (QED) is 0.515. The zero-order valence-corrected chi connectivity index (χ0v) is 17.3. The van der Waals surface area contributed by atoms with Crippen LogP contribution >= 0.6 is 23.2 Å². The predicted octanol–water partition coefficient (Wildman–Crippen LogP) is 4.63. The Kier molecular flexibility index (Phi) is 6.72. The molecule has 30 heavy (non-hydrogen) atoms. The molecule has 0 aliphatic rings. The number of carbonyl (C=O) groups excluding carboxylic acids is 3. The molecule has 0 saturated heterocycles. The van der Waals surface area contributed by atoms with Gasteiger partial charge in [-0.1, -0.05) is 47.0 Å². The third-order valence-corrected chi connectivity index (χ3v) is 4.68. The number of aryl methyl sites for hydroxylation is 1. The normalized spacial score (nSPS) is 10.2. The van der Waals surface area contributed by atoms with Crippen LogP contribution < -0.4 is 16.2 Å². The Morgan fingerprint density at radius 3 is 2.00 bits per heavy atom. The van der Waals surface area contributed by atoms with Crippen molar-refractivity contribution in [3.8, 4) is 0 Å².